The van der Waals surface area contributed by atoms with Gasteiger partial charge in [-0.05, 0) is 38.9 Å². The fourth-order valence-corrected chi connectivity index (χ4v) is 3.73. The predicted octanol–water partition coefficient (Wildman–Crippen LogP) is 4.47. The van der Waals surface area contributed by atoms with Gasteiger partial charge >= 0.3 is 5.97 Å². The molecule has 0 radical (unpaired) electrons. The number of benzene rings is 1. The average molecular weight is 342 g/mol. The summed E-state index contributed by atoms with van der Waals surface area (Å²) in [5.74, 6) is -0.190. The molecular formula is C21H30N2O2. The Morgan fingerprint density at radius 1 is 1.24 bits per heavy atom. The number of hydrogen-bond donors (Lipinski definition) is 0. The molecule has 1 fully saturated rings. The summed E-state index contributed by atoms with van der Waals surface area (Å²) in [6.45, 7) is 4.75. The van der Waals surface area contributed by atoms with Crippen LogP contribution in [0.5, 0.6) is 0 Å². The number of esters is 1. The van der Waals surface area contributed by atoms with E-state index >= 15 is 0 Å². The van der Waals surface area contributed by atoms with Crippen LogP contribution in [0.4, 0.5) is 0 Å². The lowest BCUT2D eigenvalue weighted by Gasteiger charge is -2.31. The Hall–Kier alpha value is -1.81. The summed E-state index contributed by atoms with van der Waals surface area (Å²) >= 11 is 0. The maximum atomic E-state index is 12.7. The minimum atomic E-state index is -0.190. The maximum absolute atomic E-state index is 12.7. The molecule has 4 nitrogen and oxygen atoms in total. The number of likely N-dealkylation sites (N-methyl/N-ethyl adjacent to an activating group) is 1. The van der Waals surface area contributed by atoms with Gasteiger partial charge in [0.25, 0.3) is 0 Å². The molecule has 1 aromatic carbocycles. The Balaban J connectivity index is 1.72. The highest BCUT2D eigenvalue weighted by molar-refractivity contribution is 6.04. The third-order valence-electron chi connectivity index (χ3n) is 5.34. The molecular weight excluding hydrogens is 312 g/mol. The number of carbonyl (C=O) groups is 1. The molecule has 2 aromatic rings. The number of piperidine rings is 1. The van der Waals surface area contributed by atoms with Gasteiger partial charge in [0.2, 0.25) is 0 Å². The van der Waals surface area contributed by atoms with Crippen molar-refractivity contribution in [3.63, 3.8) is 0 Å². The van der Waals surface area contributed by atoms with Crippen molar-refractivity contribution in [3.8, 4) is 0 Å². The Morgan fingerprint density at radius 3 is 2.88 bits per heavy atom. The molecule has 0 spiro atoms. The molecule has 1 saturated heterocycles. The topological polar surface area (TPSA) is 34.5 Å². The zero-order valence-corrected chi connectivity index (χ0v) is 15.5. The van der Waals surface area contributed by atoms with Gasteiger partial charge in [-0.25, -0.2) is 4.79 Å². The van der Waals surface area contributed by atoms with Crippen LogP contribution in [-0.2, 0) is 11.3 Å². The van der Waals surface area contributed by atoms with Crippen LogP contribution in [0.15, 0.2) is 30.5 Å². The number of aryl methyl sites for hydroxylation is 1. The first-order chi connectivity index (χ1) is 12.2. The van der Waals surface area contributed by atoms with Crippen molar-refractivity contribution in [1.82, 2.24) is 9.47 Å². The van der Waals surface area contributed by atoms with Crippen molar-refractivity contribution in [2.45, 2.75) is 58.0 Å². The molecule has 1 aliphatic heterocycles. The van der Waals surface area contributed by atoms with Gasteiger partial charge in [-0.3, -0.25) is 0 Å². The third kappa shape index (κ3) is 4.24. The number of unbranched alkanes of at least 4 members (excludes halogenated alkanes) is 2. The van der Waals surface area contributed by atoms with Crippen LogP contribution in [0.25, 0.3) is 10.9 Å². The zero-order valence-electron chi connectivity index (χ0n) is 15.5. The van der Waals surface area contributed by atoms with Crippen LogP contribution in [0.2, 0.25) is 0 Å². The van der Waals surface area contributed by atoms with Crippen LogP contribution in [-0.4, -0.2) is 41.7 Å². The standard InChI is InChI=1S/C21H30N2O2/c1-3-4-8-14-23-15-19(18-11-5-6-12-20(18)23)21(24)25-16-17-10-7-9-13-22(17)2/h5-6,11-12,15,17H,3-4,7-10,13-14,16H2,1-2H3. The van der Waals surface area contributed by atoms with Crippen molar-refractivity contribution in [3.05, 3.63) is 36.0 Å². The SMILES string of the molecule is CCCCCn1cc(C(=O)OCC2CCCCN2C)c2ccccc21. The van der Waals surface area contributed by atoms with E-state index in [4.69, 9.17) is 4.74 Å². The number of nitrogens with zero attached hydrogens (tertiary/aromatic N) is 2. The number of rotatable bonds is 7. The normalized spacial score (nSPS) is 18.6. The Labute approximate surface area is 150 Å². The van der Waals surface area contributed by atoms with Crippen molar-refractivity contribution in [2.75, 3.05) is 20.2 Å². The second kappa shape index (κ2) is 8.52. The van der Waals surface area contributed by atoms with E-state index in [1.165, 1.54) is 25.7 Å². The number of hydrogen-bond acceptors (Lipinski definition) is 3. The third-order valence-corrected chi connectivity index (χ3v) is 5.34. The number of ether oxygens (including phenoxy) is 1. The molecule has 1 unspecified atom stereocenters. The summed E-state index contributed by atoms with van der Waals surface area (Å²) in [5.41, 5.74) is 1.82. The van der Waals surface area contributed by atoms with Crippen molar-refractivity contribution >= 4 is 16.9 Å². The molecule has 1 atom stereocenters. The predicted molar refractivity (Wildman–Crippen MR) is 102 cm³/mol. The van der Waals surface area contributed by atoms with Crippen LogP contribution >= 0.6 is 0 Å². The van der Waals surface area contributed by atoms with Crippen LogP contribution in [0.1, 0.15) is 55.8 Å². The summed E-state index contributed by atoms with van der Waals surface area (Å²) in [5, 5.41) is 1.00. The molecule has 0 amide bonds. The molecule has 2 heterocycles. The molecule has 4 heteroatoms. The van der Waals surface area contributed by atoms with Crippen LogP contribution < -0.4 is 0 Å². The van der Waals surface area contributed by atoms with Gasteiger partial charge in [0.05, 0.1) is 5.56 Å². The molecule has 1 aliphatic rings. The summed E-state index contributed by atoms with van der Waals surface area (Å²) < 4.78 is 7.89. The van der Waals surface area contributed by atoms with Gasteiger partial charge in [0, 0.05) is 29.7 Å². The second-order valence-electron chi connectivity index (χ2n) is 7.19. The highest BCUT2D eigenvalue weighted by atomic mass is 16.5. The van der Waals surface area contributed by atoms with Crippen LogP contribution in [0.3, 0.4) is 0 Å². The zero-order chi connectivity index (χ0) is 17.6. The van der Waals surface area contributed by atoms with E-state index in [0.717, 1.165) is 36.8 Å². The number of para-hydroxylation sites is 1. The van der Waals surface area contributed by atoms with Crippen LogP contribution in [0, 0.1) is 0 Å². The van der Waals surface area contributed by atoms with E-state index in [-0.39, 0.29) is 5.97 Å². The molecule has 0 saturated carbocycles. The number of carbonyl (C=O) groups excluding carboxylic acids is 1. The fourth-order valence-electron chi connectivity index (χ4n) is 3.73. The van der Waals surface area contributed by atoms with E-state index < -0.39 is 0 Å². The lowest BCUT2D eigenvalue weighted by atomic mass is 10.0. The van der Waals surface area contributed by atoms with Gasteiger partial charge in [-0.1, -0.05) is 44.4 Å². The minimum Gasteiger partial charge on any atom is -0.460 e. The number of likely N-dealkylation sites (tertiary alicyclic amines) is 1. The second-order valence-corrected chi connectivity index (χ2v) is 7.19. The lowest BCUT2D eigenvalue weighted by molar-refractivity contribution is 0.0330. The quantitative estimate of drug-likeness (QED) is 0.550. The maximum Gasteiger partial charge on any atom is 0.340 e. The average Bonchev–Trinajstić information content (AvgIpc) is 3.00. The van der Waals surface area contributed by atoms with Crippen molar-refractivity contribution < 1.29 is 9.53 Å². The monoisotopic (exact) mass is 342 g/mol. The number of fused-ring (bicyclic) bond motifs is 1. The van der Waals surface area contributed by atoms with Gasteiger partial charge < -0.3 is 14.2 Å². The van der Waals surface area contributed by atoms with Crippen molar-refractivity contribution in [1.29, 1.82) is 0 Å². The fraction of sp³-hybridized carbons (Fsp3) is 0.571. The van der Waals surface area contributed by atoms with E-state index in [1.54, 1.807) is 0 Å². The summed E-state index contributed by atoms with van der Waals surface area (Å²) in [4.78, 5) is 15.0. The summed E-state index contributed by atoms with van der Waals surface area (Å²) in [6.07, 6.45) is 9.10. The molecule has 0 aliphatic carbocycles. The first kappa shape index (κ1) is 18.0. The van der Waals surface area contributed by atoms with Gasteiger partial charge in [0.15, 0.2) is 0 Å². The van der Waals surface area contributed by atoms with Gasteiger partial charge in [-0.2, -0.15) is 0 Å². The lowest BCUT2D eigenvalue weighted by Crippen LogP contribution is -2.39. The Kier molecular flexibility index (Phi) is 6.14. The van der Waals surface area contributed by atoms with E-state index in [0.29, 0.717) is 18.2 Å². The number of aromatic nitrogens is 1. The summed E-state index contributed by atoms with van der Waals surface area (Å²) in [7, 11) is 2.12. The summed E-state index contributed by atoms with van der Waals surface area (Å²) in [6, 6.07) is 8.49. The first-order valence-electron chi connectivity index (χ1n) is 9.66. The Morgan fingerprint density at radius 2 is 2.08 bits per heavy atom. The highest BCUT2D eigenvalue weighted by Gasteiger charge is 2.22. The minimum absolute atomic E-state index is 0.190. The smallest absolute Gasteiger partial charge is 0.340 e. The largest absolute Gasteiger partial charge is 0.460 e. The Bertz CT molecular complexity index is 707. The van der Waals surface area contributed by atoms with E-state index in [9.17, 15) is 4.79 Å². The molecule has 25 heavy (non-hydrogen) atoms. The molecule has 3 rings (SSSR count). The molecule has 0 N–H and O–H groups in total. The van der Waals surface area contributed by atoms with Crippen molar-refractivity contribution in [2.24, 2.45) is 0 Å². The molecule has 0 bridgehead atoms. The van der Waals surface area contributed by atoms with Gasteiger partial charge in [0.1, 0.15) is 6.61 Å². The first-order valence-corrected chi connectivity index (χ1v) is 9.66. The van der Waals surface area contributed by atoms with E-state index in [1.807, 2.05) is 24.4 Å². The highest BCUT2D eigenvalue weighted by Crippen LogP contribution is 2.23. The molecule has 136 valence electrons. The molecule has 1 aromatic heterocycles. The van der Waals surface area contributed by atoms with E-state index in [2.05, 4.69) is 29.5 Å². The van der Waals surface area contributed by atoms with Gasteiger partial charge in [-0.15, -0.1) is 0 Å².